The van der Waals surface area contributed by atoms with Crippen LogP contribution < -0.4 is 22.8 Å². The predicted molar refractivity (Wildman–Crippen MR) is 137 cm³/mol. The number of nitrogens with two attached hydrogens (primary N) is 1. The lowest BCUT2D eigenvalue weighted by molar-refractivity contribution is -0.142. The second-order valence-electron chi connectivity index (χ2n) is 8.82. The van der Waals surface area contributed by atoms with Crippen molar-refractivity contribution in [3.63, 3.8) is 0 Å². The zero-order chi connectivity index (χ0) is 27.6. The minimum absolute atomic E-state index is 0.0215. The standard InChI is InChI=1S/C21H34N4O9S2/c1-13(26)12-34-10-9-25-19(32)23(18(31)24(8-6-22)20(25)33)7-5-11-35-14(16(27)28)15(17(29)30)36-21(2,3)4/h14-15H,5-12,22H2,1-4H3,(H,27,28)(H,29,30). The number of nitrogens with zero attached hydrogens (tertiary/aromatic N) is 3. The Balaban J connectivity index is 3.08. The molecule has 13 nitrogen and oxygen atoms in total. The molecule has 1 heterocycles. The summed E-state index contributed by atoms with van der Waals surface area (Å²) >= 11 is 1.95. The molecule has 0 aromatic carbocycles. The normalized spacial score (nSPS) is 13.4. The molecule has 0 aliphatic rings. The van der Waals surface area contributed by atoms with E-state index in [1.807, 2.05) is 0 Å². The number of carboxylic acids is 2. The summed E-state index contributed by atoms with van der Waals surface area (Å²) < 4.78 is 7.15. The van der Waals surface area contributed by atoms with Gasteiger partial charge in [-0.3, -0.25) is 14.4 Å². The van der Waals surface area contributed by atoms with E-state index in [1.54, 1.807) is 20.8 Å². The van der Waals surface area contributed by atoms with E-state index in [0.29, 0.717) is 0 Å². The maximum absolute atomic E-state index is 12.9. The third kappa shape index (κ3) is 9.59. The van der Waals surface area contributed by atoms with Crippen LogP contribution >= 0.6 is 23.5 Å². The van der Waals surface area contributed by atoms with Gasteiger partial charge in [-0.25, -0.2) is 28.1 Å². The highest BCUT2D eigenvalue weighted by atomic mass is 32.2. The maximum atomic E-state index is 12.9. The highest BCUT2D eigenvalue weighted by molar-refractivity contribution is 8.05. The van der Waals surface area contributed by atoms with Crippen molar-refractivity contribution >= 4 is 41.2 Å². The van der Waals surface area contributed by atoms with Crippen molar-refractivity contribution in [3.05, 3.63) is 31.5 Å². The van der Waals surface area contributed by atoms with Crippen LogP contribution in [0.1, 0.15) is 34.1 Å². The Morgan fingerprint density at radius 2 is 1.42 bits per heavy atom. The lowest BCUT2D eigenvalue weighted by Gasteiger charge is -2.26. The molecule has 36 heavy (non-hydrogen) atoms. The van der Waals surface area contributed by atoms with Gasteiger partial charge in [-0.1, -0.05) is 20.8 Å². The van der Waals surface area contributed by atoms with E-state index in [2.05, 4.69) is 0 Å². The SMILES string of the molecule is CC(=O)COCCn1c(=O)n(CCN)c(=O)n(CCCSC(C(=O)O)C(SC(C)(C)C)C(=O)O)c1=O. The number of aromatic nitrogens is 3. The number of ether oxygens (including phenoxy) is 1. The van der Waals surface area contributed by atoms with E-state index in [9.17, 15) is 39.0 Å². The first kappa shape index (κ1) is 31.7. The third-order valence-electron chi connectivity index (χ3n) is 4.57. The van der Waals surface area contributed by atoms with Crippen LogP contribution in [0.5, 0.6) is 0 Å². The van der Waals surface area contributed by atoms with Gasteiger partial charge in [0.25, 0.3) is 0 Å². The summed E-state index contributed by atoms with van der Waals surface area (Å²) in [5.41, 5.74) is 2.95. The number of hydrogen-bond acceptors (Lipinski definition) is 10. The maximum Gasteiger partial charge on any atom is 0.336 e. The van der Waals surface area contributed by atoms with Gasteiger partial charge in [-0.2, -0.15) is 0 Å². The van der Waals surface area contributed by atoms with Crippen molar-refractivity contribution in [1.29, 1.82) is 0 Å². The minimum atomic E-state index is -1.27. The van der Waals surface area contributed by atoms with Crippen LogP contribution in [0.25, 0.3) is 0 Å². The molecular formula is C21H34N4O9S2. The van der Waals surface area contributed by atoms with Crippen molar-refractivity contribution in [2.24, 2.45) is 5.73 Å². The van der Waals surface area contributed by atoms with Crippen LogP contribution in [0.3, 0.4) is 0 Å². The highest BCUT2D eigenvalue weighted by Crippen LogP contribution is 2.34. The van der Waals surface area contributed by atoms with Crippen molar-refractivity contribution in [2.45, 2.75) is 69.0 Å². The Kier molecular flexibility index (Phi) is 12.7. The van der Waals surface area contributed by atoms with Gasteiger partial charge in [0.2, 0.25) is 0 Å². The third-order valence-corrected chi connectivity index (χ3v) is 7.53. The van der Waals surface area contributed by atoms with Gasteiger partial charge in [0.05, 0.1) is 13.2 Å². The van der Waals surface area contributed by atoms with E-state index >= 15 is 0 Å². The second kappa shape index (κ2) is 14.4. The van der Waals surface area contributed by atoms with Crippen LogP contribution in [0.2, 0.25) is 0 Å². The number of aliphatic carboxylic acids is 2. The number of carbonyl (C=O) groups is 3. The average molecular weight is 551 g/mol. The average Bonchev–Trinajstić information content (AvgIpc) is 2.75. The molecule has 1 rings (SSSR count). The largest absolute Gasteiger partial charge is 0.480 e. The van der Waals surface area contributed by atoms with E-state index in [-0.39, 0.29) is 57.3 Å². The first-order valence-electron chi connectivity index (χ1n) is 11.2. The molecule has 0 saturated heterocycles. The Labute approximate surface area is 216 Å². The summed E-state index contributed by atoms with van der Waals surface area (Å²) in [7, 11) is 0. The number of thioether (sulfide) groups is 2. The molecule has 0 saturated carbocycles. The summed E-state index contributed by atoms with van der Waals surface area (Å²) in [6.45, 7) is 5.96. The number of ketones is 1. The molecule has 1 aromatic heterocycles. The smallest absolute Gasteiger partial charge is 0.336 e. The van der Waals surface area contributed by atoms with Gasteiger partial charge in [-0.15, -0.1) is 23.5 Å². The summed E-state index contributed by atoms with van der Waals surface area (Å²) in [5, 5.41) is 16.7. The van der Waals surface area contributed by atoms with E-state index < -0.39 is 44.3 Å². The van der Waals surface area contributed by atoms with E-state index in [4.69, 9.17) is 10.5 Å². The molecule has 2 atom stereocenters. The molecule has 0 radical (unpaired) electrons. The minimum Gasteiger partial charge on any atom is -0.480 e. The molecule has 0 bridgehead atoms. The first-order chi connectivity index (χ1) is 16.7. The fourth-order valence-electron chi connectivity index (χ4n) is 3.10. The summed E-state index contributed by atoms with van der Waals surface area (Å²) in [5.74, 6) is -2.59. The fraction of sp³-hybridized carbons (Fsp3) is 0.714. The Hall–Kier alpha value is -2.36. The summed E-state index contributed by atoms with van der Waals surface area (Å²) in [4.78, 5) is 72.8. The van der Waals surface area contributed by atoms with Gasteiger partial charge in [0, 0.05) is 24.4 Å². The molecule has 0 amide bonds. The number of hydrogen-bond donors (Lipinski definition) is 3. The van der Waals surface area contributed by atoms with Gasteiger partial charge >= 0.3 is 29.0 Å². The number of carboxylic acid groups (broad SMARTS) is 2. The van der Waals surface area contributed by atoms with Crippen LogP contribution in [0.15, 0.2) is 14.4 Å². The zero-order valence-corrected chi connectivity index (χ0v) is 22.4. The lowest BCUT2D eigenvalue weighted by atomic mass is 10.2. The zero-order valence-electron chi connectivity index (χ0n) is 20.8. The number of Topliss-reactive ketones (excluding diaryl/α,β-unsaturated/α-hetero) is 1. The van der Waals surface area contributed by atoms with Gasteiger partial charge in [0.1, 0.15) is 17.1 Å². The molecule has 1 aromatic rings. The molecule has 0 fully saturated rings. The fourth-order valence-corrected chi connectivity index (χ4v) is 5.59. The van der Waals surface area contributed by atoms with Crippen molar-refractivity contribution < 1.29 is 29.3 Å². The van der Waals surface area contributed by atoms with E-state index in [1.165, 1.54) is 6.92 Å². The van der Waals surface area contributed by atoms with Gasteiger partial charge in [-0.05, 0) is 19.1 Å². The van der Waals surface area contributed by atoms with E-state index in [0.717, 1.165) is 37.2 Å². The van der Waals surface area contributed by atoms with Crippen molar-refractivity contribution in [2.75, 3.05) is 25.5 Å². The van der Waals surface area contributed by atoms with Gasteiger partial charge < -0.3 is 20.7 Å². The van der Waals surface area contributed by atoms with Crippen LogP contribution in [-0.2, 0) is 38.8 Å². The Bertz CT molecular complexity index is 1100. The molecule has 15 heteroatoms. The topological polar surface area (TPSA) is 193 Å². The van der Waals surface area contributed by atoms with Crippen LogP contribution in [-0.4, -0.2) is 82.4 Å². The Morgan fingerprint density at radius 3 is 1.86 bits per heavy atom. The Morgan fingerprint density at radius 1 is 0.917 bits per heavy atom. The summed E-state index contributed by atoms with van der Waals surface area (Å²) in [6, 6.07) is 0. The highest BCUT2D eigenvalue weighted by Gasteiger charge is 2.37. The van der Waals surface area contributed by atoms with Crippen molar-refractivity contribution in [1.82, 2.24) is 13.7 Å². The molecule has 4 N–H and O–H groups in total. The van der Waals surface area contributed by atoms with Crippen LogP contribution in [0.4, 0.5) is 0 Å². The first-order valence-corrected chi connectivity index (χ1v) is 13.1. The summed E-state index contributed by atoms with van der Waals surface area (Å²) in [6.07, 6.45) is 0.164. The second-order valence-corrected chi connectivity index (χ2v) is 12.0. The van der Waals surface area contributed by atoms with Gasteiger partial charge in [0.15, 0.2) is 5.78 Å². The number of carbonyl (C=O) groups excluding carboxylic acids is 1. The lowest BCUT2D eigenvalue weighted by Crippen LogP contribution is -2.55. The molecule has 0 aliphatic carbocycles. The molecule has 0 spiro atoms. The molecule has 0 aliphatic heterocycles. The molecule has 2 unspecified atom stereocenters. The molecular weight excluding hydrogens is 516 g/mol. The molecule has 204 valence electrons. The van der Waals surface area contributed by atoms with Crippen molar-refractivity contribution in [3.8, 4) is 0 Å². The number of rotatable bonds is 16. The predicted octanol–water partition coefficient (Wildman–Crippen LogP) is -0.703. The quantitative estimate of drug-likeness (QED) is 0.219. The van der Waals surface area contributed by atoms with Crippen LogP contribution in [0, 0.1) is 0 Å². The monoisotopic (exact) mass is 550 g/mol.